The highest BCUT2D eigenvalue weighted by Crippen LogP contribution is 2.52. The first-order chi connectivity index (χ1) is 31.4. The Hall–Kier alpha value is -6.95. The summed E-state index contributed by atoms with van der Waals surface area (Å²) >= 11 is 0. The maximum atomic E-state index is 14.1. The van der Waals surface area contributed by atoms with Gasteiger partial charge in [0.25, 0.3) is 23.4 Å². The molecule has 0 unspecified atom stereocenters. The highest BCUT2D eigenvalue weighted by molar-refractivity contribution is 6.31. The van der Waals surface area contributed by atoms with Crippen molar-refractivity contribution in [3.05, 3.63) is 97.6 Å². The van der Waals surface area contributed by atoms with Crippen molar-refractivity contribution in [3.63, 3.8) is 0 Å². The van der Waals surface area contributed by atoms with Gasteiger partial charge >= 0.3 is 0 Å². The molecular weight excluding hydrogens is 869 g/mol. The van der Waals surface area contributed by atoms with Gasteiger partial charge in [0.15, 0.2) is 12.1 Å². The van der Waals surface area contributed by atoms with Crippen LogP contribution in [0, 0.1) is 10.1 Å². The smallest absolute Gasteiger partial charge is 0.284 e. The first-order valence-electron chi connectivity index (χ1n) is 20.8. The van der Waals surface area contributed by atoms with E-state index in [-0.39, 0.29) is 53.1 Å². The fraction of sp³-hybridized carbons (Fsp3) is 0.386. The largest absolute Gasteiger partial charge is 0.507 e. The van der Waals surface area contributed by atoms with Crippen LogP contribution in [-0.2, 0) is 30.3 Å². The zero-order valence-electron chi connectivity index (χ0n) is 35.5. The molecule has 2 aliphatic heterocycles. The number of ether oxygens (including phenoxy) is 3. The molecule has 2 aliphatic carbocycles. The van der Waals surface area contributed by atoms with E-state index in [0.29, 0.717) is 19.3 Å². The number of aliphatic hydroxyl groups is 3. The Labute approximate surface area is 374 Å². The number of nitrogens with two attached hydrogens (primary N) is 1. The molecule has 2 heterocycles. The second kappa shape index (κ2) is 18.9. The van der Waals surface area contributed by atoms with Crippen LogP contribution < -0.4 is 21.2 Å². The van der Waals surface area contributed by atoms with Crippen LogP contribution in [0.4, 0.5) is 11.4 Å². The number of aromatic hydroxyl groups is 2. The van der Waals surface area contributed by atoms with Gasteiger partial charge < -0.3 is 50.8 Å². The summed E-state index contributed by atoms with van der Waals surface area (Å²) in [5.41, 5.74) is 2.06. The molecule has 22 heteroatoms. The summed E-state index contributed by atoms with van der Waals surface area (Å²) in [4.78, 5) is 89.9. The maximum Gasteiger partial charge on any atom is 0.284 e. The van der Waals surface area contributed by atoms with Gasteiger partial charge in [-0.3, -0.25) is 43.8 Å². The summed E-state index contributed by atoms with van der Waals surface area (Å²) in [6.45, 7) is 0.662. The summed E-state index contributed by atoms with van der Waals surface area (Å²) in [6.07, 6.45) is -2.35. The van der Waals surface area contributed by atoms with Crippen LogP contribution in [0.1, 0.15) is 105 Å². The Morgan fingerprint density at radius 3 is 2.41 bits per heavy atom. The molecule has 0 spiro atoms. The summed E-state index contributed by atoms with van der Waals surface area (Å²) in [6, 6.07) is 6.61. The first-order valence-corrected chi connectivity index (χ1v) is 20.8. The number of ketones is 2. The fourth-order valence-electron chi connectivity index (χ4n) is 8.64. The van der Waals surface area contributed by atoms with E-state index in [1.807, 2.05) is 0 Å². The van der Waals surface area contributed by atoms with Gasteiger partial charge in [-0.05, 0) is 38.0 Å². The van der Waals surface area contributed by atoms with Gasteiger partial charge in [-0.2, -0.15) is 5.10 Å². The van der Waals surface area contributed by atoms with E-state index in [1.165, 1.54) is 50.5 Å². The number of nitrogens with one attached hydrogen (secondary N) is 2. The average Bonchev–Trinajstić information content (AvgIpc) is 3.60. The van der Waals surface area contributed by atoms with E-state index in [4.69, 9.17) is 19.9 Å². The molecule has 0 aromatic heterocycles. The lowest BCUT2D eigenvalue weighted by atomic mass is 9.71. The minimum Gasteiger partial charge on any atom is -0.507 e. The van der Waals surface area contributed by atoms with E-state index in [9.17, 15) is 64.4 Å². The third-order valence-corrected chi connectivity index (χ3v) is 12.0. The number of carbonyl (C=O) groups is 6. The molecule has 4 amide bonds. The molecule has 7 rings (SSSR count). The van der Waals surface area contributed by atoms with Gasteiger partial charge in [0.05, 0.1) is 59.4 Å². The molecule has 1 fully saturated rings. The Kier molecular flexibility index (Phi) is 13.4. The lowest BCUT2D eigenvalue weighted by Crippen LogP contribution is -2.53. The number of phenols is 2. The number of hydrogen-bond donors (Lipinski definition) is 8. The number of rotatable bonds is 15. The normalized spacial score (nSPS) is 23.6. The number of fused-ring (bicyclic) bond motifs is 3. The molecule has 0 saturated carbocycles. The van der Waals surface area contributed by atoms with Crippen molar-refractivity contribution in [1.29, 1.82) is 0 Å². The lowest BCUT2D eigenvalue weighted by molar-refractivity contribution is -0.385. The predicted octanol–water partition coefficient (Wildman–Crippen LogP) is 1.55. The highest BCUT2D eigenvalue weighted by Gasteiger charge is 2.50. The topological polar surface area (TPSA) is 340 Å². The van der Waals surface area contributed by atoms with Crippen molar-refractivity contribution in [2.75, 3.05) is 25.6 Å². The van der Waals surface area contributed by atoms with Crippen molar-refractivity contribution < 1.29 is 73.4 Å². The lowest BCUT2D eigenvalue weighted by Gasteiger charge is -2.43. The number of imide groups is 1. The SMILES string of the molecule is COc1cccc2c1C(=O)c1c(O)c3c(c(O)c1C2=O)C[C@@](O)(/C(CO)=N/NC(=O)c1ccc(NC(=O)CCCCCN2C(=O)C=CC2=O)cc1[N+](=O)[O-])C[C@@H]3O[C@H]1C[C@H](N)[C@H](O)[C@H](C)O1. The second-order valence-corrected chi connectivity index (χ2v) is 16.2. The minimum atomic E-state index is -2.37. The van der Waals surface area contributed by atoms with Gasteiger partial charge in [0, 0.05) is 78.9 Å². The molecule has 22 nitrogen and oxygen atoms in total. The van der Waals surface area contributed by atoms with E-state index in [1.54, 1.807) is 0 Å². The zero-order chi connectivity index (χ0) is 47.8. The number of methoxy groups -OCH3 is 1. The molecule has 3 aromatic carbocycles. The number of nitro groups is 1. The molecule has 9 N–H and O–H groups in total. The average molecular weight is 915 g/mol. The number of aliphatic hydroxyl groups excluding tert-OH is 2. The number of phenolic OH excluding ortho intramolecular Hbond substituents is 2. The van der Waals surface area contributed by atoms with Gasteiger partial charge in [0.1, 0.15) is 28.4 Å². The van der Waals surface area contributed by atoms with Crippen molar-refractivity contribution in [1.82, 2.24) is 10.3 Å². The number of benzene rings is 3. The minimum absolute atomic E-state index is 0.00899. The summed E-state index contributed by atoms with van der Waals surface area (Å²) in [7, 11) is 1.28. The number of hydrazone groups is 1. The van der Waals surface area contributed by atoms with Crippen molar-refractivity contribution >= 4 is 52.3 Å². The van der Waals surface area contributed by atoms with Crippen LogP contribution in [0.15, 0.2) is 53.7 Å². The van der Waals surface area contributed by atoms with Crippen LogP contribution >= 0.6 is 0 Å². The number of unbranched alkanes of at least 4 members (excludes halogenated alkanes) is 2. The van der Waals surface area contributed by atoms with Crippen molar-refractivity contribution in [2.24, 2.45) is 10.8 Å². The zero-order valence-corrected chi connectivity index (χ0v) is 35.5. The molecule has 1 saturated heterocycles. The molecule has 348 valence electrons. The van der Waals surface area contributed by atoms with E-state index in [0.717, 1.165) is 17.0 Å². The standard InChI is InChI=1S/C44H46N6O16/c1-20-38(55)25(45)16-33(65-20)66-28-18-44(61,17-24-35(28)42(59)37-36(40(24)57)39(56)23-7-6-8-27(64-2)34(23)41(37)58)29(19-51)47-48-43(60)22-11-10-21(15-26(22)50(62)63)46-30(52)9-4-3-5-14-49-31(53)12-13-32(49)54/h6-8,10-13,15,20,25,28,33,38,51,55,57,59,61H,3-5,9,14,16-19,45H2,1-2H3,(H,46,52)(H,48,60)/b47-29+/t20-,25-,28-,33-,38+,44-/m0/s1. The number of hydrogen-bond acceptors (Lipinski definition) is 18. The van der Waals surface area contributed by atoms with Gasteiger partial charge in [-0.25, -0.2) is 5.43 Å². The highest BCUT2D eigenvalue weighted by atomic mass is 16.7. The Morgan fingerprint density at radius 2 is 1.74 bits per heavy atom. The molecule has 6 atom stereocenters. The molecule has 3 aromatic rings. The molecule has 4 aliphatic rings. The van der Waals surface area contributed by atoms with Crippen molar-refractivity contribution in [3.8, 4) is 17.2 Å². The number of nitro benzene ring substituents is 1. The summed E-state index contributed by atoms with van der Waals surface area (Å²) in [5.74, 6) is -5.75. The molecular formula is C44H46N6O16. The monoisotopic (exact) mass is 914 g/mol. The Bertz CT molecular complexity index is 2580. The molecule has 66 heavy (non-hydrogen) atoms. The predicted molar refractivity (Wildman–Crippen MR) is 228 cm³/mol. The van der Waals surface area contributed by atoms with Crippen LogP contribution in [0.2, 0.25) is 0 Å². The van der Waals surface area contributed by atoms with Crippen LogP contribution in [-0.4, -0.2) is 127 Å². The number of nitrogens with zero attached hydrogens (tertiary/aromatic N) is 3. The Balaban J connectivity index is 1.14. The first kappa shape index (κ1) is 47.0. The number of carbonyl (C=O) groups excluding carboxylic acids is 6. The van der Waals surface area contributed by atoms with Crippen molar-refractivity contribution in [2.45, 2.75) is 88.1 Å². The van der Waals surface area contributed by atoms with Gasteiger partial charge in [-0.15, -0.1) is 0 Å². The third kappa shape index (κ3) is 8.88. The van der Waals surface area contributed by atoms with Crippen LogP contribution in [0.25, 0.3) is 0 Å². The van der Waals surface area contributed by atoms with Crippen LogP contribution in [0.3, 0.4) is 0 Å². The quantitative estimate of drug-likeness (QED) is 0.0209. The summed E-state index contributed by atoms with van der Waals surface area (Å²) in [5, 5.41) is 75.7. The van der Waals surface area contributed by atoms with Gasteiger partial charge in [0.2, 0.25) is 11.7 Å². The third-order valence-electron chi connectivity index (χ3n) is 12.0. The maximum absolute atomic E-state index is 14.1. The van der Waals surface area contributed by atoms with Gasteiger partial charge in [-0.1, -0.05) is 18.6 Å². The number of amides is 4. The molecule has 0 radical (unpaired) electrons. The van der Waals surface area contributed by atoms with E-state index < -0.39 is 135 Å². The Morgan fingerprint density at radius 1 is 1.03 bits per heavy atom. The second-order valence-electron chi connectivity index (χ2n) is 16.2. The van der Waals surface area contributed by atoms with E-state index >= 15 is 0 Å². The molecule has 0 bridgehead atoms. The fourth-order valence-corrected chi connectivity index (χ4v) is 8.64. The van der Waals surface area contributed by atoms with E-state index in [2.05, 4.69) is 15.8 Å². The summed E-state index contributed by atoms with van der Waals surface area (Å²) < 4.78 is 17.4. The van der Waals surface area contributed by atoms with Crippen LogP contribution in [0.5, 0.6) is 17.2 Å². The number of anilines is 1.